The number of fused-ring (bicyclic) bond motifs is 1. The molecule has 12 nitrogen and oxygen atoms in total. The maximum absolute atomic E-state index is 13.5. The number of Topliss-reactive ketones (excluding diaryl/α,β-unsaturated/α-hetero) is 1. The predicted molar refractivity (Wildman–Crippen MR) is 179 cm³/mol. The van der Waals surface area contributed by atoms with Gasteiger partial charge >= 0.3 is 0 Å². The number of rotatable bonds is 13. The van der Waals surface area contributed by atoms with Crippen LogP contribution in [-0.4, -0.2) is 57.1 Å². The van der Waals surface area contributed by atoms with Crippen molar-refractivity contribution in [2.24, 2.45) is 11.8 Å². The molecule has 1 aromatic carbocycles. The fraction of sp³-hybridized carbons (Fsp3) is 0.500. The van der Waals surface area contributed by atoms with E-state index in [1.165, 1.54) is 16.8 Å². The van der Waals surface area contributed by atoms with Crippen LogP contribution in [0.5, 0.6) is 0 Å². The van der Waals surface area contributed by atoms with Crippen molar-refractivity contribution >= 4 is 56.7 Å². The molecule has 0 aliphatic heterocycles. The van der Waals surface area contributed by atoms with Gasteiger partial charge in [-0.25, -0.2) is 4.98 Å². The summed E-state index contributed by atoms with van der Waals surface area (Å²) in [6.07, 6.45) is 7.52. The van der Waals surface area contributed by atoms with Gasteiger partial charge in [0, 0.05) is 24.7 Å². The van der Waals surface area contributed by atoms with E-state index in [1.807, 2.05) is 12.1 Å². The number of nitrogens with zero attached hydrogens (tertiary/aromatic N) is 2. The third-order valence-electron chi connectivity index (χ3n) is 9.11. The van der Waals surface area contributed by atoms with E-state index in [1.54, 1.807) is 18.2 Å². The summed E-state index contributed by atoms with van der Waals surface area (Å²) in [5.74, 6) is -2.15. The zero-order valence-electron chi connectivity index (χ0n) is 26.8. The Balaban J connectivity index is 1.27. The molecule has 2 saturated carbocycles. The Morgan fingerprint density at radius 1 is 1.02 bits per heavy atom. The molecule has 2 heterocycles. The summed E-state index contributed by atoms with van der Waals surface area (Å²) in [5, 5.41) is 11.2. The summed E-state index contributed by atoms with van der Waals surface area (Å²) < 4.78 is 2.01. The van der Waals surface area contributed by atoms with E-state index in [4.69, 9.17) is 0 Å². The molecule has 2 aliphatic rings. The molecular formula is C34H42N6O6S. The molecule has 47 heavy (non-hydrogen) atoms. The highest BCUT2D eigenvalue weighted by molar-refractivity contribution is 7.20. The van der Waals surface area contributed by atoms with Crippen LogP contribution in [0.4, 0.5) is 5.69 Å². The number of amides is 4. The minimum Gasteiger partial charge on any atom is -0.352 e. The number of para-hydroxylation sites is 1. The van der Waals surface area contributed by atoms with Crippen molar-refractivity contribution < 1.29 is 24.0 Å². The number of thiazole rings is 1. The number of anilines is 1. The molecule has 0 radical (unpaired) electrons. The van der Waals surface area contributed by atoms with Gasteiger partial charge in [-0.2, -0.15) is 0 Å². The maximum Gasteiger partial charge on any atom is 0.287 e. The van der Waals surface area contributed by atoms with Crippen LogP contribution >= 0.6 is 11.3 Å². The highest BCUT2D eigenvalue weighted by Gasteiger charge is 2.32. The summed E-state index contributed by atoms with van der Waals surface area (Å²) in [4.78, 5) is 82.5. The summed E-state index contributed by atoms with van der Waals surface area (Å²) >= 11 is 1.16. The van der Waals surface area contributed by atoms with Crippen LogP contribution < -0.4 is 26.8 Å². The predicted octanol–water partition coefficient (Wildman–Crippen LogP) is 3.54. The average molecular weight is 663 g/mol. The van der Waals surface area contributed by atoms with Gasteiger partial charge < -0.3 is 25.8 Å². The maximum atomic E-state index is 13.5. The van der Waals surface area contributed by atoms with Gasteiger partial charge in [-0.1, -0.05) is 45.2 Å². The fourth-order valence-corrected chi connectivity index (χ4v) is 7.47. The Kier molecular flexibility index (Phi) is 11.2. The topological polar surface area (TPSA) is 168 Å². The standard InChI is InChI=1S/C34H42N6O6S/c1-3-21-17-20(2)18-26(21)36-29(42)19-40-16-8-12-25(34(40)46)38-30(43)24(14-15-27(41)31(44)35-22-9-4-5-10-22)37-32(45)33-39-23-11-6-7-13-28(23)47-33/h6-8,11-13,16,20-22,24,26H,3-5,9-10,14-15,17-19H2,1-2H3,(H,35,44)(H,36,42)(H,37,45)(H,38,43). The highest BCUT2D eigenvalue weighted by Crippen LogP contribution is 2.33. The number of nitrogens with one attached hydrogen (secondary N) is 4. The van der Waals surface area contributed by atoms with Crippen molar-refractivity contribution in [1.82, 2.24) is 25.5 Å². The first-order chi connectivity index (χ1) is 22.6. The Morgan fingerprint density at radius 3 is 2.53 bits per heavy atom. The SMILES string of the molecule is CCC1CC(C)CC1NC(=O)Cn1cccc(NC(=O)C(CCC(=O)C(=O)NC2CCCC2)NC(=O)c2nc3ccccc3s2)c1=O. The highest BCUT2D eigenvalue weighted by atomic mass is 32.1. The lowest BCUT2D eigenvalue weighted by atomic mass is 10.0. The largest absolute Gasteiger partial charge is 0.352 e. The Hall–Kier alpha value is -4.39. The molecule has 0 spiro atoms. The monoisotopic (exact) mass is 662 g/mol. The lowest BCUT2D eigenvalue weighted by Crippen LogP contribution is -2.46. The average Bonchev–Trinajstić information content (AvgIpc) is 3.80. The van der Waals surface area contributed by atoms with Crippen molar-refractivity contribution in [3.63, 3.8) is 0 Å². The number of ketones is 1. The minimum atomic E-state index is -1.26. The van der Waals surface area contributed by atoms with Crippen LogP contribution in [0.2, 0.25) is 0 Å². The molecule has 0 bridgehead atoms. The molecule has 2 aliphatic carbocycles. The molecule has 4 unspecified atom stereocenters. The van der Waals surface area contributed by atoms with Gasteiger partial charge in [-0.15, -0.1) is 11.3 Å². The van der Waals surface area contributed by atoms with E-state index in [2.05, 4.69) is 40.1 Å². The number of carbonyl (C=O) groups is 5. The first kappa shape index (κ1) is 34.0. The van der Waals surface area contributed by atoms with Gasteiger partial charge in [-0.3, -0.25) is 28.8 Å². The first-order valence-corrected chi connectivity index (χ1v) is 17.2. The lowest BCUT2D eigenvalue weighted by Gasteiger charge is -2.20. The van der Waals surface area contributed by atoms with Crippen LogP contribution in [0.3, 0.4) is 0 Å². The van der Waals surface area contributed by atoms with Crippen molar-refractivity contribution in [2.45, 2.75) is 96.3 Å². The number of carbonyl (C=O) groups excluding carboxylic acids is 5. The van der Waals surface area contributed by atoms with Crippen molar-refractivity contribution in [2.75, 3.05) is 5.32 Å². The third kappa shape index (κ3) is 8.70. The van der Waals surface area contributed by atoms with Gasteiger partial charge in [0.05, 0.1) is 10.2 Å². The van der Waals surface area contributed by atoms with E-state index in [9.17, 15) is 28.8 Å². The molecule has 2 aromatic heterocycles. The zero-order chi connectivity index (χ0) is 33.5. The summed E-state index contributed by atoms with van der Waals surface area (Å²) in [5.41, 5.74) is -0.0502. The van der Waals surface area contributed by atoms with E-state index in [0.29, 0.717) is 17.4 Å². The van der Waals surface area contributed by atoms with Crippen LogP contribution in [-0.2, 0) is 25.7 Å². The van der Waals surface area contributed by atoms with Gasteiger partial charge in [0.1, 0.15) is 18.3 Å². The number of benzene rings is 1. The lowest BCUT2D eigenvalue weighted by molar-refractivity contribution is -0.138. The second kappa shape index (κ2) is 15.5. The molecule has 250 valence electrons. The smallest absolute Gasteiger partial charge is 0.287 e. The Labute approximate surface area is 277 Å². The van der Waals surface area contributed by atoms with Crippen LogP contribution in [0.1, 0.15) is 81.4 Å². The Morgan fingerprint density at radius 2 is 1.79 bits per heavy atom. The second-order valence-corrected chi connectivity index (χ2v) is 13.7. The zero-order valence-corrected chi connectivity index (χ0v) is 27.6. The summed E-state index contributed by atoms with van der Waals surface area (Å²) in [6, 6.07) is 8.94. The second-order valence-electron chi connectivity index (χ2n) is 12.7. The fourth-order valence-electron chi connectivity index (χ4n) is 6.60. The molecule has 3 aromatic rings. The van der Waals surface area contributed by atoms with Crippen LogP contribution in [0.15, 0.2) is 47.4 Å². The van der Waals surface area contributed by atoms with Crippen molar-refractivity contribution in [3.8, 4) is 0 Å². The van der Waals surface area contributed by atoms with Gasteiger partial charge in [0.15, 0.2) is 5.01 Å². The van der Waals surface area contributed by atoms with Crippen LogP contribution in [0.25, 0.3) is 10.2 Å². The summed E-state index contributed by atoms with van der Waals surface area (Å²) in [7, 11) is 0. The van der Waals surface area contributed by atoms with Crippen molar-refractivity contribution in [3.05, 3.63) is 58.0 Å². The molecule has 13 heteroatoms. The quantitative estimate of drug-likeness (QED) is 0.203. The molecule has 0 saturated heterocycles. The number of hydrogen-bond acceptors (Lipinski definition) is 8. The normalized spacial score (nSPS) is 20.1. The Bertz CT molecular complexity index is 1660. The van der Waals surface area contributed by atoms with E-state index in [0.717, 1.165) is 61.0 Å². The number of pyridine rings is 1. The molecule has 2 fully saturated rings. The number of hydrogen-bond donors (Lipinski definition) is 4. The number of aromatic nitrogens is 2. The van der Waals surface area contributed by atoms with E-state index in [-0.39, 0.29) is 48.1 Å². The molecule has 5 rings (SSSR count). The van der Waals surface area contributed by atoms with E-state index < -0.39 is 35.1 Å². The molecule has 4 atom stereocenters. The third-order valence-corrected chi connectivity index (χ3v) is 10.1. The molecule has 4 N–H and O–H groups in total. The minimum absolute atomic E-state index is 0.0404. The van der Waals surface area contributed by atoms with Crippen LogP contribution in [0, 0.1) is 11.8 Å². The molecule has 4 amide bonds. The van der Waals surface area contributed by atoms with E-state index >= 15 is 0 Å². The summed E-state index contributed by atoms with van der Waals surface area (Å²) in [6.45, 7) is 4.06. The van der Waals surface area contributed by atoms with Gasteiger partial charge in [0.25, 0.3) is 17.4 Å². The van der Waals surface area contributed by atoms with Gasteiger partial charge in [0.2, 0.25) is 17.6 Å². The van der Waals surface area contributed by atoms with Crippen molar-refractivity contribution in [1.29, 1.82) is 0 Å². The molecular weight excluding hydrogens is 620 g/mol. The first-order valence-electron chi connectivity index (χ1n) is 16.4. The van der Waals surface area contributed by atoms with Gasteiger partial charge in [-0.05, 0) is 68.2 Å².